The maximum atomic E-state index is 13.0. The first-order valence-corrected chi connectivity index (χ1v) is 9.25. The molecule has 126 valence electrons. The summed E-state index contributed by atoms with van der Waals surface area (Å²) in [5.41, 5.74) is 1.67. The van der Waals surface area contributed by atoms with Crippen LogP contribution in [0.1, 0.15) is 17.7 Å². The van der Waals surface area contributed by atoms with Crippen molar-refractivity contribution in [1.82, 2.24) is 9.78 Å². The van der Waals surface area contributed by atoms with Crippen molar-refractivity contribution in [2.75, 3.05) is 0 Å². The number of benzene rings is 1. The summed E-state index contributed by atoms with van der Waals surface area (Å²) in [6.07, 6.45) is -2.70. The lowest BCUT2D eigenvalue weighted by Crippen LogP contribution is -2.12. The summed E-state index contributed by atoms with van der Waals surface area (Å²) in [6.45, 7) is 1.91. The monoisotopic (exact) mass is 369 g/mol. The minimum atomic E-state index is -3.82. The fourth-order valence-electron chi connectivity index (χ4n) is 2.22. The van der Waals surface area contributed by atoms with Crippen LogP contribution >= 0.6 is 11.3 Å². The van der Waals surface area contributed by atoms with Crippen molar-refractivity contribution in [2.45, 2.75) is 18.2 Å². The Balaban J connectivity index is 2.13. The zero-order chi connectivity index (χ0) is 17.5. The van der Waals surface area contributed by atoms with Crippen LogP contribution in [0.25, 0.3) is 16.3 Å². The Labute approximate surface area is 141 Å². The largest absolute Gasteiger partial charge is 0.282 e. The number of hydrogen-bond acceptors (Lipinski definition) is 4. The number of halogens is 2. The molecule has 1 aromatic carbocycles. The van der Waals surface area contributed by atoms with E-state index in [1.165, 1.54) is 46.4 Å². The lowest BCUT2D eigenvalue weighted by molar-refractivity contribution is 0.145. The van der Waals surface area contributed by atoms with Gasteiger partial charge in [0.1, 0.15) is 5.69 Å². The van der Waals surface area contributed by atoms with E-state index in [-0.39, 0.29) is 10.6 Å². The van der Waals surface area contributed by atoms with Gasteiger partial charge in [-0.3, -0.25) is 0 Å². The maximum Gasteiger partial charge on any atom is 0.282 e. The van der Waals surface area contributed by atoms with Crippen molar-refractivity contribution in [2.24, 2.45) is 5.14 Å². The fourth-order valence-corrected chi connectivity index (χ4v) is 3.64. The molecule has 9 heteroatoms. The molecular formula is C15H13F2N3O2S2. The predicted octanol–water partition coefficient (Wildman–Crippen LogP) is 3.49. The van der Waals surface area contributed by atoms with Crippen LogP contribution in [0.5, 0.6) is 0 Å². The van der Waals surface area contributed by atoms with Crippen LogP contribution in [-0.2, 0) is 10.0 Å². The maximum absolute atomic E-state index is 13.0. The molecule has 3 rings (SSSR count). The summed E-state index contributed by atoms with van der Waals surface area (Å²) in [4.78, 5) is 0.739. The molecule has 0 fully saturated rings. The Morgan fingerprint density at radius 1 is 1.21 bits per heavy atom. The van der Waals surface area contributed by atoms with E-state index in [0.29, 0.717) is 11.4 Å². The highest BCUT2D eigenvalue weighted by Crippen LogP contribution is 2.32. The van der Waals surface area contributed by atoms with Crippen LogP contribution in [0, 0.1) is 6.92 Å². The molecular weight excluding hydrogens is 356 g/mol. The van der Waals surface area contributed by atoms with Gasteiger partial charge in [-0.25, -0.2) is 27.0 Å². The second-order valence-electron chi connectivity index (χ2n) is 5.19. The SMILES string of the molecule is Cc1csc(-c2cc(C(F)F)nn2-c2ccc(S(N)(=O)=O)cc2)c1. The topological polar surface area (TPSA) is 78.0 Å². The van der Waals surface area contributed by atoms with Gasteiger partial charge in [-0.2, -0.15) is 5.10 Å². The van der Waals surface area contributed by atoms with Crippen molar-refractivity contribution in [3.63, 3.8) is 0 Å². The summed E-state index contributed by atoms with van der Waals surface area (Å²) in [5, 5.41) is 10.9. The van der Waals surface area contributed by atoms with Gasteiger partial charge >= 0.3 is 0 Å². The number of primary sulfonamides is 1. The van der Waals surface area contributed by atoms with Crippen LogP contribution < -0.4 is 5.14 Å². The lowest BCUT2D eigenvalue weighted by atomic mass is 10.2. The Bertz CT molecular complexity index is 977. The molecule has 24 heavy (non-hydrogen) atoms. The van der Waals surface area contributed by atoms with Gasteiger partial charge in [0.05, 0.1) is 21.2 Å². The number of hydrogen-bond donors (Lipinski definition) is 1. The summed E-state index contributed by atoms with van der Waals surface area (Å²) in [6, 6.07) is 8.81. The molecule has 5 nitrogen and oxygen atoms in total. The highest BCUT2D eigenvalue weighted by molar-refractivity contribution is 7.89. The number of aromatic nitrogens is 2. The van der Waals surface area contributed by atoms with E-state index >= 15 is 0 Å². The Hall–Kier alpha value is -2.10. The van der Waals surface area contributed by atoms with Crippen molar-refractivity contribution in [3.8, 4) is 16.3 Å². The molecule has 0 aliphatic carbocycles. The molecule has 0 unspecified atom stereocenters. The number of nitrogens with zero attached hydrogens (tertiary/aromatic N) is 2. The molecule has 0 radical (unpaired) electrons. The Morgan fingerprint density at radius 2 is 1.88 bits per heavy atom. The average Bonchev–Trinajstić information content (AvgIpc) is 3.12. The standard InChI is InChI=1S/C15H13F2N3O2S2/c1-9-6-14(23-8-9)13-7-12(15(16)17)19-20(13)10-2-4-11(5-3-10)24(18,21)22/h2-8,15H,1H3,(H2,18,21,22). The number of nitrogens with two attached hydrogens (primary N) is 1. The van der Waals surface area contributed by atoms with Crippen molar-refractivity contribution < 1.29 is 17.2 Å². The van der Waals surface area contributed by atoms with E-state index in [4.69, 9.17) is 5.14 Å². The van der Waals surface area contributed by atoms with E-state index in [9.17, 15) is 17.2 Å². The van der Waals surface area contributed by atoms with Gasteiger partial charge in [0.25, 0.3) is 6.43 Å². The number of alkyl halides is 2. The van der Waals surface area contributed by atoms with Crippen LogP contribution in [0.3, 0.4) is 0 Å². The van der Waals surface area contributed by atoms with Crippen molar-refractivity contribution >= 4 is 21.4 Å². The molecule has 3 aromatic rings. The molecule has 0 saturated heterocycles. The average molecular weight is 369 g/mol. The second kappa shape index (κ2) is 6.08. The molecule has 0 saturated carbocycles. The third-order valence-electron chi connectivity index (χ3n) is 3.34. The van der Waals surface area contributed by atoms with Gasteiger partial charge < -0.3 is 0 Å². The molecule has 0 aliphatic rings. The number of rotatable bonds is 4. The third kappa shape index (κ3) is 3.23. The van der Waals surface area contributed by atoms with Gasteiger partial charge in [-0.15, -0.1) is 11.3 Å². The Morgan fingerprint density at radius 3 is 2.38 bits per heavy atom. The molecule has 2 N–H and O–H groups in total. The van der Waals surface area contributed by atoms with Crippen LogP contribution in [0.2, 0.25) is 0 Å². The van der Waals surface area contributed by atoms with E-state index in [2.05, 4.69) is 5.10 Å². The zero-order valence-corrected chi connectivity index (χ0v) is 14.1. The minimum absolute atomic E-state index is 0.0546. The number of sulfonamides is 1. The molecule has 0 atom stereocenters. The first-order chi connectivity index (χ1) is 11.3. The first-order valence-electron chi connectivity index (χ1n) is 6.82. The predicted molar refractivity (Wildman–Crippen MR) is 87.9 cm³/mol. The molecule has 0 spiro atoms. The molecule has 0 aliphatic heterocycles. The smallest absolute Gasteiger partial charge is 0.232 e. The van der Waals surface area contributed by atoms with E-state index in [1.807, 2.05) is 18.4 Å². The van der Waals surface area contributed by atoms with Gasteiger partial charge in [-0.1, -0.05) is 0 Å². The van der Waals surface area contributed by atoms with Crippen LogP contribution in [0.4, 0.5) is 8.78 Å². The lowest BCUT2D eigenvalue weighted by Gasteiger charge is -2.07. The van der Waals surface area contributed by atoms with Gasteiger partial charge in [0.15, 0.2) is 0 Å². The first kappa shape index (κ1) is 16.7. The van der Waals surface area contributed by atoms with E-state index < -0.39 is 16.4 Å². The zero-order valence-electron chi connectivity index (χ0n) is 12.5. The Kier molecular flexibility index (Phi) is 4.24. The molecule has 0 amide bonds. The highest BCUT2D eigenvalue weighted by atomic mass is 32.2. The summed E-state index contributed by atoms with van der Waals surface area (Å²) in [7, 11) is -3.82. The van der Waals surface area contributed by atoms with Crippen LogP contribution in [0.15, 0.2) is 46.7 Å². The summed E-state index contributed by atoms with van der Waals surface area (Å²) < 4.78 is 50.1. The summed E-state index contributed by atoms with van der Waals surface area (Å²) in [5.74, 6) is 0. The molecule has 2 aromatic heterocycles. The van der Waals surface area contributed by atoms with Gasteiger partial charge in [0, 0.05) is 0 Å². The normalized spacial score (nSPS) is 12.0. The van der Waals surface area contributed by atoms with Crippen LogP contribution in [-0.4, -0.2) is 18.2 Å². The highest BCUT2D eigenvalue weighted by Gasteiger charge is 2.19. The van der Waals surface area contributed by atoms with E-state index in [0.717, 1.165) is 10.4 Å². The molecule has 2 heterocycles. The second-order valence-corrected chi connectivity index (χ2v) is 7.67. The quantitative estimate of drug-likeness (QED) is 0.765. The third-order valence-corrected chi connectivity index (χ3v) is 5.34. The fraction of sp³-hybridized carbons (Fsp3) is 0.133. The number of thiophene rings is 1. The van der Waals surface area contributed by atoms with Gasteiger partial charge in [-0.05, 0) is 54.3 Å². The van der Waals surface area contributed by atoms with Crippen molar-refractivity contribution in [3.05, 3.63) is 53.0 Å². The van der Waals surface area contributed by atoms with E-state index in [1.54, 1.807) is 0 Å². The van der Waals surface area contributed by atoms with Crippen molar-refractivity contribution in [1.29, 1.82) is 0 Å². The summed E-state index contributed by atoms with van der Waals surface area (Å²) >= 11 is 1.42. The van der Waals surface area contributed by atoms with Gasteiger partial charge in [0.2, 0.25) is 10.0 Å². The number of aryl methyl sites for hydroxylation is 1. The minimum Gasteiger partial charge on any atom is -0.232 e. The molecule has 0 bridgehead atoms.